The van der Waals surface area contributed by atoms with Gasteiger partial charge in [-0.05, 0) is 36.6 Å². The minimum atomic E-state index is -1.15. The first kappa shape index (κ1) is 18.0. The second-order valence-electron chi connectivity index (χ2n) is 7.13. The third kappa shape index (κ3) is 3.31. The van der Waals surface area contributed by atoms with E-state index in [9.17, 15) is 19.5 Å². The number of aromatic nitrogens is 2. The number of hydrogen-bond acceptors (Lipinski definition) is 3. The molecule has 3 N–H and O–H groups in total. The van der Waals surface area contributed by atoms with Crippen molar-refractivity contribution >= 4 is 22.9 Å². The van der Waals surface area contributed by atoms with Crippen molar-refractivity contribution in [2.24, 2.45) is 0 Å². The number of nitrogens with one attached hydrogen (secondary N) is 2. The minimum Gasteiger partial charge on any atom is -0.479 e. The highest BCUT2D eigenvalue weighted by atomic mass is 16.4. The van der Waals surface area contributed by atoms with E-state index in [1.54, 1.807) is 53.1 Å². The number of aromatic amines is 1. The summed E-state index contributed by atoms with van der Waals surface area (Å²) in [5.41, 5.74) is 1.97. The number of carboxylic acids is 1. The van der Waals surface area contributed by atoms with Gasteiger partial charge in [-0.15, -0.1) is 0 Å². The maximum absolute atomic E-state index is 12.7. The van der Waals surface area contributed by atoms with Crippen molar-refractivity contribution in [1.82, 2.24) is 14.9 Å². The van der Waals surface area contributed by atoms with Gasteiger partial charge in [-0.2, -0.15) is 0 Å². The average Bonchev–Trinajstić information content (AvgIpc) is 3.32. The minimum absolute atomic E-state index is 0.174. The van der Waals surface area contributed by atoms with Gasteiger partial charge in [-0.25, -0.2) is 9.59 Å². The Kier molecular flexibility index (Phi) is 4.73. The van der Waals surface area contributed by atoms with Crippen LogP contribution in [0, 0.1) is 0 Å². The number of amides is 1. The third-order valence-electron chi connectivity index (χ3n) is 5.32. The van der Waals surface area contributed by atoms with Crippen LogP contribution in [0.3, 0.4) is 0 Å². The lowest BCUT2D eigenvalue weighted by molar-refractivity contribution is -0.139. The number of nitrogens with zero attached hydrogens (tertiary/aromatic N) is 1. The second-order valence-corrected chi connectivity index (χ2v) is 7.13. The van der Waals surface area contributed by atoms with Crippen molar-refractivity contribution in [2.45, 2.75) is 37.8 Å². The van der Waals surface area contributed by atoms with Gasteiger partial charge >= 0.3 is 11.7 Å². The molecule has 0 unspecified atom stereocenters. The molecule has 0 bridgehead atoms. The molecule has 28 heavy (non-hydrogen) atoms. The van der Waals surface area contributed by atoms with Crippen molar-refractivity contribution in [1.29, 1.82) is 0 Å². The molecule has 0 spiro atoms. The molecule has 1 amide bonds. The number of carbonyl (C=O) groups is 2. The van der Waals surface area contributed by atoms with Crippen molar-refractivity contribution in [2.75, 3.05) is 0 Å². The van der Waals surface area contributed by atoms with E-state index in [0.29, 0.717) is 16.6 Å². The topological polar surface area (TPSA) is 104 Å². The highest BCUT2D eigenvalue weighted by molar-refractivity contribution is 5.99. The van der Waals surface area contributed by atoms with Gasteiger partial charge in [0.1, 0.15) is 0 Å². The molecule has 1 aliphatic rings. The van der Waals surface area contributed by atoms with Crippen LogP contribution >= 0.6 is 0 Å². The van der Waals surface area contributed by atoms with Crippen molar-refractivity contribution in [3.8, 4) is 0 Å². The quantitative estimate of drug-likeness (QED) is 0.634. The number of imidazole rings is 1. The van der Waals surface area contributed by atoms with Gasteiger partial charge in [0.05, 0.1) is 11.0 Å². The fraction of sp³-hybridized carbons (Fsp3) is 0.286. The van der Waals surface area contributed by atoms with E-state index in [-0.39, 0.29) is 11.7 Å². The van der Waals surface area contributed by atoms with Crippen molar-refractivity contribution in [3.63, 3.8) is 0 Å². The summed E-state index contributed by atoms with van der Waals surface area (Å²) in [6.45, 7) is 0. The van der Waals surface area contributed by atoms with E-state index in [2.05, 4.69) is 10.3 Å². The number of aliphatic carboxylic acids is 1. The smallest absolute Gasteiger partial charge is 0.330 e. The predicted molar refractivity (Wildman–Crippen MR) is 104 cm³/mol. The molecule has 1 heterocycles. The number of hydrogen-bond donors (Lipinski definition) is 3. The summed E-state index contributed by atoms with van der Waals surface area (Å²) in [4.78, 5) is 39.5. The lowest BCUT2D eigenvalue weighted by Gasteiger charge is -2.15. The Hall–Kier alpha value is -3.35. The molecule has 0 radical (unpaired) electrons. The zero-order valence-corrected chi connectivity index (χ0v) is 15.2. The van der Waals surface area contributed by atoms with E-state index in [1.807, 2.05) is 0 Å². The van der Waals surface area contributed by atoms with Crippen LogP contribution in [0.2, 0.25) is 0 Å². The molecule has 3 aromatic rings. The van der Waals surface area contributed by atoms with Crippen LogP contribution in [0.1, 0.15) is 53.7 Å². The number of benzene rings is 2. The molecule has 0 aliphatic heterocycles. The number of rotatable bonds is 5. The molecular formula is C21H21N3O4. The maximum atomic E-state index is 12.7. The van der Waals surface area contributed by atoms with Gasteiger partial charge in [0.2, 0.25) is 0 Å². The molecule has 4 rings (SSSR count). The molecule has 1 saturated carbocycles. The van der Waals surface area contributed by atoms with Crippen LogP contribution in [0.4, 0.5) is 0 Å². The van der Waals surface area contributed by atoms with Gasteiger partial charge in [0, 0.05) is 11.6 Å². The summed E-state index contributed by atoms with van der Waals surface area (Å²) >= 11 is 0. The number of carboxylic acid groups (broad SMARTS) is 1. The van der Waals surface area contributed by atoms with Crippen LogP contribution in [0.25, 0.3) is 11.0 Å². The first-order valence-corrected chi connectivity index (χ1v) is 9.37. The Labute approximate surface area is 161 Å². The fourth-order valence-corrected chi connectivity index (χ4v) is 3.94. The summed E-state index contributed by atoms with van der Waals surface area (Å²) in [7, 11) is 0. The van der Waals surface area contributed by atoms with Gasteiger partial charge in [-0.3, -0.25) is 9.36 Å². The Morgan fingerprint density at radius 1 is 1.11 bits per heavy atom. The van der Waals surface area contributed by atoms with E-state index in [4.69, 9.17) is 0 Å². The Morgan fingerprint density at radius 3 is 2.50 bits per heavy atom. The first-order valence-electron chi connectivity index (χ1n) is 9.37. The summed E-state index contributed by atoms with van der Waals surface area (Å²) in [5.74, 6) is -1.64. The van der Waals surface area contributed by atoms with Crippen LogP contribution < -0.4 is 11.0 Å². The maximum Gasteiger partial charge on any atom is 0.330 e. The van der Waals surface area contributed by atoms with E-state index >= 15 is 0 Å². The first-order chi connectivity index (χ1) is 13.5. The zero-order chi connectivity index (χ0) is 19.7. The Bertz CT molecular complexity index is 1080. The highest BCUT2D eigenvalue weighted by Gasteiger charge is 2.24. The van der Waals surface area contributed by atoms with Gasteiger partial charge in [-0.1, -0.05) is 43.2 Å². The van der Waals surface area contributed by atoms with E-state index in [0.717, 1.165) is 31.2 Å². The molecule has 1 fully saturated rings. The molecule has 2 aromatic carbocycles. The third-order valence-corrected chi connectivity index (χ3v) is 5.32. The lowest BCUT2D eigenvalue weighted by Crippen LogP contribution is -2.33. The molecule has 7 heteroatoms. The summed E-state index contributed by atoms with van der Waals surface area (Å²) in [5, 5.41) is 12.0. The van der Waals surface area contributed by atoms with Crippen molar-refractivity contribution in [3.05, 3.63) is 70.1 Å². The molecule has 7 nitrogen and oxygen atoms in total. The molecule has 1 aromatic heterocycles. The van der Waals surface area contributed by atoms with Gasteiger partial charge in [0.15, 0.2) is 6.04 Å². The van der Waals surface area contributed by atoms with Crippen molar-refractivity contribution < 1.29 is 14.7 Å². The number of fused-ring (bicyclic) bond motifs is 1. The van der Waals surface area contributed by atoms with Crippen LogP contribution in [-0.2, 0) is 4.79 Å². The largest absolute Gasteiger partial charge is 0.479 e. The van der Waals surface area contributed by atoms with Crippen LogP contribution in [-0.4, -0.2) is 26.5 Å². The zero-order valence-electron chi connectivity index (χ0n) is 15.2. The Balaban J connectivity index is 1.62. The predicted octanol–water partition coefficient (Wildman–Crippen LogP) is 3.00. The SMILES string of the molecule is O=C(N[C@H](C(=O)O)c1ccccc1)c1ccc2c(c1)[nH]c(=O)n2C1CCCC1. The van der Waals surface area contributed by atoms with E-state index in [1.165, 1.54) is 0 Å². The summed E-state index contributed by atoms with van der Waals surface area (Å²) in [6.07, 6.45) is 4.18. The standard InChI is InChI=1S/C21H21N3O4/c25-19(23-18(20(26)27)13-6-2-1-3-7-13)14-10-11-17-16(12-14)22-21(28)24(17)15-8-4-5-9-15/h1-3,6-7,10-12,15,18H,4-5,8-9H2,(H,22,28)(H,23,25)(H,26,27)/t18-/m0/s1. The number of carbonyl (C=O) groups excluding carboxylic acids is 1. The average molecular weight is 379 g/mol. The molecule has 1 aliphatic carbocycles. The fourth-order valence-electron chi connectivity index (χ4n) is 3.94. The Morgan fingerprint density at radius 2 is 1.82 bits per heavy atom. The monoisotopic (exact) mass is 379 g/mol. The van der Waals surface area contributed by atoms with Crippen LogP contribution in [0.15, 0.2) is 53.3 Å². The molecule has 1 atom stereocenters. The molecular weight excluding hydrogens is 358 g/mol. The molecule has 144 valence electrons. The van der Waals surface area contributed by atoms with E-state index < -0.39 is 17.9 Å². The summed E-state index contributed by atoms with van der Waals surface area (Å²) < 4.78 is 1.77. The lowest BCUT2D eigenvalue weighted by atomic mass is 10.1. The van der Waals surface area contributed by atoms with Crippen LogP contribution in [0.5, 0.6) is 0 Å². The second kappa shape index (κ2) is 7.34. The molecule has 0 saturated heterocycles. The summed E-state index contributed by atoms with van der Waals surface area (Å²) in [6, 6.07) is 12.6. The highest BCUT2D eigenvalue weighted by Crippen LogP contribution is 2.30. The van der Waals surface area contributed by atoms with Gasteiger partial charge in [0.25, 0.3) is 5.91 Å². The normalized spacial score (nSPS) is 15.6. The number of H-pyrrole nitrogens is 1. The van der Waals surface area contributed by atoms with Gasteiger partial charge < -0.3 is 15.4 Å².